The molecule has 0 radical (unpaired) electrons. The van der Waals surface area contributed by atoms with Crippen molar-refractivity contribution in [3.05, 3.63) is 40.2 Å². The molecule has 0 aliphatic carbocycles. The topological polar surface area (TPSA) is 47.1 Å². The number of para-hydroxylation sites is 1. The van der Waals surface area contributed by atoms with Crippen molar-refractivity contribution in [3.63, 3.8) is 0 Å². The third-order valence-corrected chi connectivity index (χ3v) is 3.63. The Bertz CT molecular complexity index is 682. The number of hydrogen-bond acceptors (Lipinski definition) is 4. The summed E-state index contributed by atoms with van der Waals surface area (Å²) in [7, 11) is 0. The van der Waals surface area contributed by atoms with Crippen LogP contribution in [0.15, 0.2) is 24.3 Å². The number of rotatable bonds is 3. The largest absolute Gasteiger partial charge is 0.493 e. The van der Waals surface area contributed by atoms with Gasteiger partial charge in [-0.3, -0.25) is 0 Å². The van der Waals surface area contributed by atoms with E-state index in [9.17, 15) is 0 Å². The van der Waals surface area contributed by atoms with Crippen molar-refractivity contribution in [2.75, 3.05) is 13.2 Å². The highest BCUT2D eigenvalue weighted by atomic mass is 32.1. The van der Waals surface area contributed by atoms with Gasteiger partial charge in [0.2, 0.25) is 0 Å². The van der Waals surface area contributed by atoms with Crippen LogP contribution in [0.1, 0.15) is 18.2 Å². The molecular formula is C15H16N2O2S. The van der Waals surface area contributed by atoms with Crippen molar-refractivity contribution < 1.29 is 9.47 Å². The summed E-state index contributed by atoms with van der Waals surface area (Å²) < 4.78 is 11.7. The Kier molecular flexibility index (Phi) is 3.80. The number of nitrogens with one attached hydrogen (secondary N) is 1. The molecule has 2 aromatic rings. The van der Waals surface area contributed by atoms with Gasteiger partial charge in [-0.1, -0.05) is 24.4 Å². The lowest BCUT2D eigenvalue weighted by atomic mass is 10.1. The zero-order chi connectivity index (χ0) is 13.9. The highest BCUT2D eigenvalue weighted by Gasteiger charge is 2.16. The smallest absolute Gasteiger partial charge is 0.142 e. The Hall–Kier alpha value is -1.72. The second-order valence-electron chi connectivity index (χ2n) is 4.58. The van der Waals surface area contributed by atoms with Gasteiger partial charge in [-0.2, -0.15) is 0 Å². The molecule has 0 atom stereocenters. The summed E-state index contributed by atoms with van der Waals surface area (Å²) in [5, 5.41) is 0. The molecule has 3 rings (SSSR count). The molecule has 0 unspecified atom stereocenters. The van der Waals surface area contributed by atoms with Crippen LogP contribution in [0.5, 0.6) is 5.75 Å². The summed E-state index contributed by atoms with van der Waals surface area (Å²) in [6.45, 7) is 3.85. The molecule has 1 aromatic heterocycles. The average Bonchev–Trinajstić information content (AvgIpc) is 2.48. The first kappa shape index (κ1) is 13.3. The molecule has 1 aliphatic heterocycles. The SMILES string of the molecule is CCOc1ccccc1-c1nc(=S)c2c([nH]1)CCOC2. The third-order valence-electron chi connectivity index (χ3n) is 3.29. The van der Waals surface area contributed by atoms with E-state index in [0.717, 1.165) is 41.4 Å². The molecule has 104 valence electrons. The molecule has 4 nitrogen and oxygen atoms in total. The normalized spacial score (nSPS) is 13.8. The fourth-order valence-electron chi connectivity index (χ4n) is 2.33. The highest BCUT2D eigenvalue weighted by Crippen LogP contribution is 2.28. The fourth-order valence-corrected chi connectivity index (χ4v) is 2.60. The van der Waals surface area contributed by atoms with Crippen LogP contribution in [0.25, 0.3) is 11.4 Å². The number of aromatic amines is 1. The maximum atomic E-state index is 5.66. The molecule has 0 bridgehead atoms. The van der Waals surface area contributed by atoms with Crippen LogP contribution < -0.4 is 4.74 Å². The van der Waals surface area contributed by atoms with E-state index in [1.54, 1.807) is 0 Å². The summed E-state index contributed by atoms with van der Waals surface area (Å²) in [5.41, 5.74) is 3.07. The number of fused-ring (bicyclic) bond motifs is 1. The van der Waals surface area contributed by atoms with E-state index in [4.69, 9.17) is 21.7 Å². The van der Waals surface area contributed by atoms with E-state index < -0.39 is 0 Å². The highest BCUT2D eigenvalue weighted by molar-refractivity contribution is 7.71. The summed E-state index contributed by atoms with van der Waals surface area (Å²) in [4.78, 5) is 7.88. The van der Waals surface area contributed by atoms with Gasteiger partial charge in [0.05, 0.1) is 25.4 Å². The summed E-state index contributed by atoms with van der Waals surface area (Å²) in [5.74, 6) is 1.58. The Morgan fingerprint density at radius 3 is 3.10 bits per heavy atom. The molecule has 20 heavy (non-hydrogen) atoms. The monoisotopic (exact) mass is 288 g/mol. The molecule has 1 aliphatic rings. The van der Waals surface area contributed by atoms with E-state index in [-0.39, 0.29) is 0 Å². The lowest BCUT2D eigenvalue weighted by Crippen LogP contribution is -2.14. The Morgan fingerprint density at radius 2 is 2.25 bits per heavy atom. The summed E-state index contributed by atoms with van der Waals surface area (Å²) in [6.07, 6.45) is 0.839. The van der Waals surface area contributed by atoms with Crippen molar-refractivity contribution >= 4 is 12.2 Å². The van der Waals surface area contributed by atoms with Gasteiger partial charge in [0.15, 0.2) is 0 Å². The van der Waals surface area contributed by atoms with E-state index in [2.05, 4.69) is 9.97 Å². The van der Waals surface area contributed by atoms with Gasteiger partial charge < -0.3 is 14.5 Å². The lowest BCUT2D eigenvalue weighted by molar-refractivity contribution is 0.108. The standard InChI is InChI=1S/C15H16N2O2S/c1-2-19-13-6-4-3-5-10(13)14-16-12-7-8-18-9-11(12)15(20)17-14/h3-6H,2,7-9H2,1H3,(H,16,17,20). The lowest BCUT2D eigenvalue weighted by Gasteiger charge is -2.18. The van der Waals surface area contributed by atoms with Crippen LogP contribution in [0, 0.1) is 4.64 Å². The van der Waals surface area contributed by atoms with Crippen LogP contribution in [0.2, 0.25) is 0 Å². The molecular weight excluding hydrogens is 272 g/mol. The Morgan fingerprint density at radius 1 is 1.40 bits per heavy atom. The number of H-pyrrole nitrogens is 1. The van der Waals surface area contributed by atoms with Gasteiger partial charge in [-0.15, -0.1) is 0 Å². The van der Waals surface area contributed by atoms with Gasteiger partial charge >= 0.3 is 0 Å². The number of hydrogen-bond donors (Lipinski definition) is 1. The minimum Gasteiger partial charge on any atom is -0.493 e. The summed E-state index contributed by atoms with van der Waals surface area (Å²) >= 11 is 5.38. The fraction of sp³-hybridized carbons (Fsp3) is 0.333. The van der Waals surface area contributed by atoms with Crippen molar-refractivity contribution in [2.24, 2.45) is 0 Å². The van der Waals surface area contributed by atoms with Crippen LogP contribution in [0.4, 0.5) is 0 Å². The predicted octanol–water partition coefficient (Wildman–Crippen LogP) is 3.28. The van der Waals surface area contributed by atoms with Gasteiger partial charge in [-0.25, -0.2) is 4.98 Å². The molecule has 0 saturated carbocycles. The van der Waals surface area contributed by atoms with Crippen molar-refractivity contribution in [3.8, 4) is 17.1 Å². The van der Waals surface area contributed by atoms with Crippen molar-refractivity contribution in [1.29, 1.82) is 0 Å². The number of aromatic nitrogens is 2. The van der Waals surface area contributed by atoms with Crippen LogP contribution >= 0.6 is 12.2 Å². The van der Waals surface area contributed by atoms with Gasteiger partial charge in [0.1, 0.15) is 16.2 Å². The van der Waals surface area contributed by atoms with E-state index in [0.29, 0.717) is 17.9 Å². The summed E-state index contributed by atoms with van der Waals surface area (Å²) in [6, 6.07) is 7.86. The van der Waals surface area contributed by atoms with Crippen molar-refractivity contribution in [2.45, 2.75) is 20.0 Å². The molecule has 0 spiro atoms. The minimum absolute atomic E-state index is 0.547. The van der Waals surface area contributed by atoms with Gasteiger partial charge in [0.25, 0.3) is 0 Å². The van der Waals surface area contributed by atoms with Crippen LogP contribution in [0.3, 0.4) is 0 Å². The molecule has 0 amide bonds. The predicted molar refractivity (Wildman–Crippen MR) is 79.4 cm³/mol. The Balaban J connectivity index is 2.11. The van der Waals surface area contributed by atoms with Crippen LogP contribution in [-0.4, -0.2) is 23.2 Å². The number of ether oxygens (including phenoxy) is 2. The van der Waals surface area contributed by atoms with E-state index in [1.165, 1.54) is 0 Å². The molecule has 5 heteroatoms. The molecule has 0 fully saturated rings. The second kappa shape index (κ2) is 5.73. The van der Waals surface area contributed by atoms with Crippen molar-refractivity contribution in [1.82, 2.24) is 9.97 Å². The third kappa shape index (κ3) is 2.46. The first-order valence-corrected chi connectivity index (χ1v) is 7.12. The van der Waals surface area contributed by atoms with Gasteiger partial charge in [0, 0.05) is 17.7 Å². The number of nitrogens with zero attached hydrogens (tertiary/aromatic N) is 1. The maximum absolute atomic E-state index is 5.66. The molecule has 0 saturated heterocycles. The zero-order valence-corrected chi connectivity index (χ0v) is 12.1. The van der Waals surface area contributed by atoms with E-state index >= 15 is 0 Å². The second-order valence-corrected chi connectivity index (χ2v) is 4.97. The quantitative estimate of drug-likeness (QED) is 0.881. The first-order valence-electron chi connectivity index (χ1n) is 6.71. The van der Waals surface area contributed by atoms with Gasteiger partial charge in [-0.05, 0) is 19.1 Å². The molecule has 1 N–H and O–H groups in total. The zero-order valence-electron chi connectivity index (χ0n) is 11.3. The molecule has 1 aromatic carbocycles. The van der Waals surface area contributed by atoms with Crippen LogP contribution in [-0.2, 0) is 17.8 Å². The Labute approximate surface area is 122 Å². The number of benzene rings is 1. The first-order chi connectivity index (χ1) is 9.79. The van der Waals surface area contributed by atoms with E-state index in [1.807, 2.05) is 31.2 Å². The maximum Gasteiger partial charge on any atom is 0.142 e. The minimum atomic E-state index is 0.547. The average molecular weight is 288 g/mol. The molecule has 2 heterocycles.